The number of aromatic nitrogens is 1. The summed E-state index contributed by atoms with van der Waals surface area (Å²) in [5.74, 6) is 0.160. The molecule has 0 fully saturated rings. The number of sulfonamides is 1. The minimum Gasteiger partial charge on any atom is -0.484 e. The number of nitrogens with zero attached hydrogens (tertiary/aromatic N) is 2. The molecule has 0 aliphatic carbocycles. The van der Waals surface area contributed by atoms with Crippen LogP contribution in [0.5, 0.6) is 5.75 Å². The van der Waals surface area contributed by atoms with Crippen LogP contribution in [0.1, 0.15) is 0 Å². The SMILES string of the molecule is CN(c1ccc(OCC(=O)Nc2ccc3ncccc3c2)cc1)S(=O)(=O)c1cccs1. The van der Waals surface area contributed by atoms with E-state index in [0.717, 1.165) is 10.9 Å². The molecule has 2 aromatic heterocycles. The summed E-state index contributed by atoms with van der Waals surface area (Å²) in [6, 6.07) is 19.0. The van der Waals surface area contributed by atoms with Gasteiger partial charge in [-0.3, -0.25) is 14.1 Å². The highest BCUT2D eigenvalue weighted by Gasteiger charge is 2.22. The van der Waals surface area contributed by atoms with E-state index < -0.39 is 10.0 Å². The standard InChI is InChI=1S/C22H19N3O4S2/c1-25(31(27,28)22-5-3-13-30-22)18-7-9-19(10-8-18)29-15-21(26)24-17-6-11-20-16(14-17)4-2-12-23-20/h2-14H,15H2,1H3,(H,24,26). The molecule has 158 valence electrons. The molecule has 0 bridgehead atoms. The molecular formula is C22H19N3O4S2. The Morgan fingerprint density at radius 1 is 1.10 bits per heavy atom. The molecule has 0 unspecified atom stereocenters. The second-order valence-corrected chi connectivity index (χ2v) is 9.79. The monoisotopic (exact) mass is 453 g/mol. The lowest BCUT2D eigenvalue weighted by atomic mass is 10.2. The Labute approximate surface area is 184 Å². The number of thiophene rings is 1. The van der Waals surface area contributed by atoms with Gasteiger partial charge in [-0.1, -0.05) is 12.1 Å². The highest BCUT2D eigenvalue weighted by atomic mass is 32.2. The van der Waals surface area contributed by atoms with Crippen molar-refractivity contribution in [1.29, 1.82) is 0 Å². The maximum atomic E-state index is 12.6. The number of hydrogen-bond donors (Lipinski definition) is 1. The lowest BCUT2D eigenvalue weighted by molar-refractivity contribution is -0.118. The third-order valence-corrected chi connectivity index (χ3v) is 7.73. The Balaban J connectivity index is 1.36. The Morgan fingerprint density at radius 2 is 1.90 bits per heavy atom. The Hall–Kier alpha value is -3.43. The zero-order valence-corrected chi connectivity index (χ0v) is 18.2. The third kappa shape index (κ3) is 4.68. The van der Waals surface area contributed by atoms with Crippen molar-refractivity contribution in [3.63, 3.8) is 0 Å². The Kier molecular flexibility index (Phi) is 5.88. The first-order valence-corrected chi connectivity index (χ1v) is 11.7. The molecule has 7 nitrogen and oxygen atoms in total. The molecular weight excluding hydrogens is 434 g/mol. The summed E-state index contributed by atoms with van der Waals surface area (Å²) in [7, 11) is -2.10. The van der Waals surface area contributed by atoms with Crippen molar-refractivity contribution in [2.75, 3.05) is 23.3 Å². The molecule has 9 heteroatoms. The number of nitrogens with one attached hydrogen (secondary N) is 1. The molecule has 0 atom stereocenters. The molecule has 0 aliphatic heterocycles. The van der Waals surface area contributed by atoms with Gasteiger partial charge in [-0.25, -0.2) is 8.42 Å². The van der Waals surface area contributed by atoms with E-state index in [4.69, 9.17) is 4.74 Å². The normalized spacial score (nSPS) is 11.3. The predicted molar refractivity (Wildman–Crippen MR) is 122 cm³/mol. The summed E-state index contributed by atoms with van der Waals surface area (Å²) in [5, 5.41) is 5.44. The summed E-state index contributed by atoms with van der Waals surface area (Å²) in [6.07, 6.45) is 1.72. The van der Waals surface area contributed by atoms with Crippen molar-refractivity contribution < 1.29 is 17.9 Å². The zero-order valence-electron chi connectivity index (χ0n) is 16.6. The van der Waals surface area contributed by atoms with Crippen molar-refractivity contribution in [2.45, 2.75) is 4.21 Å². The average molecular weight is 454 g/mol. The summed E-state index contributed by atoms with van der Waals surface area (Å²) < 4.78 is 32.2. The van der Waals surface area contributed by atoms with E-state index in [1.165, 1.54) is 22.7 Å². The van der Waals surface area contributed by atoms with Crippen LogP contribution in [0, 0.1) is 0 Å². The van der Waals surface area contributed by atoms with Crippen LogP contribution in [0.4, 0.5) is 11.4 Å². The van der Waals surface area contributed by atoms with Gasteiger partial charge in [0.05, 0.1) is 11.2 Å². The quantitative estimate of drug-likeness (QED) is 0.454. The van der Waals surface area contributed by atoms with Crippen LogP contribution < -0.4 is 14.4 Å². The van der Waals surface area contributed by atoms with E-state index in [1.807, 2.05) is 24.3 Å². The molecule has 0 saturated carbocycles. The van der Waals surface area contributed by atoms with Crippen LogP contribution in [0.3, 0.4) is 0 Å². The van der Waals surface area contributed by atoms with Gasteiger partial charge in [0.1, 0.15) is 9.96 Å². The minimum atomic E-state index is -3.60. The van der Waals surface area contributed by atoms with Crippen molar-refractivity contribution in [1.82, 2.24) is 4.98 Å². The molecule has 0 saturated heterocycles. The molecule has 1 N–H and O–H groups in total. The number of rotatable bonds is 7. The molecule has 2 aromatic carbocycles. The van der Waals surface area contributed by atoms with E-state index in [0.29, 0.717) is 17.1 Å². The summed E-state index contributed by atoms with van der Waals surface area (Å²) in [5.41, 5.74) is 2.00. The van der Waals surface area contributed by atoms with Crippen molar-refractivity contribution in [3.8, 4) is 5.75 Å². The Morgan fingerprint density at radius 3 is 2.65 bits per heavy atom. The number of hydrogen-bond acceptors (Lipinski definition) is 6. The fourth-order valence-electron chi connectivity index (χ4n) is 2.94. The number of anilines is 2. The second-order valence-electron chi connectivity index (χ2n) is 6.65. The van der Waals surface area contributed by atoms with Crippen LogP contribution in [0.2, 0.25) is 0 Å². The number of benzene rings is 2. The predicted octanol–water partition coefficient (Wildman–Crippen LogP) is 4.14. The van der Waals surface area contributed by atoms with E-state index in [1.54, 1.807) is 54.0 Å². The van der Waals surface area contributed by atoms with Crippen LogP contribution in [-0.2, 0) is 14.8 Å². The lowest BCUT2D eigenvalue weighted by Gasteiger charge is -2.18. The van der Waals surface area contributed by atoms with E-state index in [2.05, 4.69) is 10.3 Å². The molecule has 2 heterocycles. The molecule has 31 heavy (non-hydrogen) atoms. The van der Waals surface area contributed by atoms with Gasteiger partial charge in [0.2, 0.25) is 0 Å². The summed E-state index contributed by atoms with van der Waals surface area (Å²) in [4.78, 5) is 16.5. The van der Waals surface area contributed by atoms with Gasteiger partial charge < -0.3 is 10.1 Å². The smallest absolute Gasteiger partial charge is 0.273 e. The third-order valence-electron chi connectivity index (χ3n) is 4.57. The first kappa shape index (κ1) is 20.8. The van der Waals surface area contributed by atoms with Gasteiger partial charge in [0, 0.05) is 24.3 Å². The van der Waals surface area contributed by atoms with Crippen LogP contribution in [0.25, 0.3) is 10.9 Å². The van der Waals surface area contributed by atoms with Gasteiger partial charge in [-0.05, 0) is 60.0 Å². The zero-order chi connectivity index (χ0) is 21.8. The first-order valence-electron chi connectivity index (χ1n) is 9.33. The summed E-state index contributed by atoms with van der Waals surface area (Å²) >= 11 is 1.17. The minimum absolute atomic E-state index is 0.173. The molecule has 0 spiro atoms. The highest BCUT2D eigenvalue weighted by Crippen LogP contribution is 2.26. The first-order chi connectivity index (χ1) is 14.9. The lowest BCUT2D eigenvalue weighted by Crippen LogP contribution is -2.25. The van der Waals surface area contributed by atoms with Gasteiger partial charge in [0.25, 0.3) is 15.9 Å². The molecule has 4 rings (SSSR count). The highest BCUT2D eigenvalue weighted by molar-refractivity contribution is 7.94. The largest absolute Gasteiger partial charge is 0.484 e. The number of carbonyl (C=O) groups excluding carboxylic acids is 1. The van der Waals surface area contributed by atoms with Gasteiger partial charge in [-0.15, -0.1) is 11.3 Å². The van der Waals surface area contributed by atoms with Gasteiger partial charge in [-0.2, -0.15) is 0 Å². The van der Waals surface area contributed by atoms with E-state index in [-0.39, 0.29) is 16.7 Å². The van der Waals surface area contributed by atoms with Crippen molar-refractivity contribution in [2.24, 2.45) is 0 Å². The molecule has 1 amide bonds. The van der Waals surface area contributed by atoms with Crippen LogP contribution >= 0.6 is 11.3 Å². The Bertz CT molecular complexity index is 1300. The molecule has 4 aromatic rings. The number of fused-ring (bicyclic) bond motifs is 1. The van der Waals surface area contributed by atoms with E-state index >= 15 is 0 Å². The maximum Gasteiger partial charge on any atom is 0.273 e. The number of amides is 1. The number of ether oxygens (including phenoxy) is 1. The van der Waals surface area contributed by atoms with Crippen LogP contribution in [0.15, 0.2) is 82.5 Å². The summed E-state index contributed by atoms with van der Waals surface area (Å²) in [6.45, 7) is -0.173. The van der Waals surface area contributed by atoms with Crippen molar-refractivity contribution in [3.05, 3.63) is 78.3 Å². The fourth-order valence-corrected chi connectivity index (χ4v) is 5.29. The van der Waals surface area contributed by atoms with Gasteiger partial charge in [0.15, 0.2) is 6.61 Å². The fraction of sp³-hybridized carbons (Fsp3) is 0.0909. The average Bonchev–Trinajstić information content (AvgIpc) is 3.33. The molecule has 0 radical (unpaired) electrons. The van der Waals surface area contributed by atoms with E-state index in [9.17, 15) is 13.2 Å². The van der Waals surface area contributed by atoms with Crippen molar-refractivity contribution >= 4 is 49.5 Å². The second kappa shape index (κ2) is 8.75. The van der Waals surface area contributed by atoms with Gasteiger partial charge >= 0.3 is 0 Å². The van der Waals surface area contributed by atoms with Crippen LogP contribution in [-0.4, -0.2) is 33.0 Å². The maximum absolute atomic E-state index is 12.6. The number of pyridine rings is 1. The number of carbonyl (C=O) groups is 1. The molecule has 0 aliphatic rings. The topological polar surface area (TPSA) is 88.6 Å².